The average Bonchev–Trinajstić information content (AvgIpc) is 2.96. The van der Waals surface area contributed by atoms with Gasteiger partial charge in [-0.25, -0.2) is 0 Å². The molecule has 2 rings (SSSR count). The number of likely N-dealkylation sites (tertiary alicyclic amines) is 1. The first-order valence-electron chi connectivity index (χ1n) is 7.41. The topological polar surface area (TPSA) is 32.5 Å². The highest BCUT2D eigenvalue weighted by molar-refractivity contribution is 8.00. The van der Waals surface area contributed by atoms with Gasteiger partial charge in [-0.1, -0.05) is 13.8 Å². The molecule has 106 valence electrons. The Morgan fingerprint density at radius 3 is 2.83 bits per heavy atom. The summed E-state index contributed by atoms with van der Waals surface area (Å²) in [7, 11) is 2.29. The summed E-state index contributed by atoms with van der Waals surface area (Å²) in [6.07, 6.45) is 3.98. The van der Waals surface area contributed by atoms with E-state index in [1.54, 1.807) is 0 Å². The van der Waals surface area contributed by atoms with Gasteiger partial charge in [0.2, 0.25) is 0 Å². The second kappa shape index (κ2) is 6.12. The highest BCUT2D eigenvalue weighted by atomic mass is 32.2. The van der Waals surface area contributed by atoms with Crippen molar-refractivity contribution in [2.75, 3.05) is 39.0 Å². The van der Waals surface area contributed by atoms with Crippen molar-refractivity contribution in [3.05, 3.63) is 0 Å². The summed E-state index contributed by atoms with van der Waals surface area (Å²) >= 11 is 2.09. The van der Waals surface area contributed by atoms with Crippen molar-refractivity contribution in [2.45, 2.75) is 49.9 Å². The lowest BCUT2D eigenvalue weighted by Gasteiger charge is -2.43. The fourth-order valence-corrected chi connectivity index (χ4v) is 5.24. The normalized spacial score (nSPS) is 37.8. The Morgan fingerprint density at radius 1 is 1.50 bits per heavy atom. The van der Waals surface area contributed by atoms with E-state index < -0.39 is 0 Å². The van der Waals surface area contributed by atoms with Gasteiger partial charge in [0.05, 0.1) is 0 Å². The first-order valence-corrected chi connectivity index (χ1v) is 8.46. The molecule has 0 aliphatic carbocycles. The molecule has 0 bridgehead atoms. The van der Waals surface area contributed by atoms with Gasteiger partial charge < -0.3 is 5.73 Å². The first kappa shape index (κ1) is 14.6. The highest BCUT2D eigenvalue weighted by Crippen LogP contribution is 2.39. The Morgan fingerprint density at radius 2 is 2.28 bits per heavy atom. The lowest BCUT2D eigenvalue weighted by Crippen LogP contribution is -2.58. The molecule has 0 radical (unpaired) electrons. The Labute approximate surface area is 116 Å². The predicted molar refractivity (Wildman–Crippen MR) is 81.2 cm³/mol. The largest absolute Gasteiger partial charge is 0.329 e. The molecule has 3 atom stereocenters. The Kier molecular flexibility index (Phi) is 4.98. The second-order valence-electron chi connectivity index (χ2n) is 5.88. The predicted octanol–water partition coefficient (Wildman–Crippen LogP) is 1.63. The third-order valence-corrected chi connectivity index (χ3v) is 6.54. The van der Waals surface area contributed by atoms with Gasteiger partial charge in [0.1, 0.15) is 0 Å². The molecule has 0 amide bonds. The molecule has 0 spiro atoms. The minimum absolute atomic E-state index is 0.243. The van der Waals surface area contributed by atoms with Crippen molar-refractivity contribution in [2.24, 2.45) is 5.73 Å². The molecule has 2 N–H and O–H groups in total. The molecule has 4 heteroatoms. The maximum Gasteiger partial charge on any atom is 0.0452 e. The molecule has 18 heavy (non-hydrogen) atoms. The Balaban J connectivity index is 1.99. The van der Waals surface area contributed by atoms with E-state index in [9.17, 15) is 0 Å². The summed E-state index contributed by atoms with van der Waals surface area (Å²) in [5.41, 5.74) is 6.38. The van der Waals surface area contributed by atoms with Gasteiger partial charge in [0.15, 0.2) is 0 Å². The number of rotatable bonds is 5. The summed E-state index contributed by atoms with van der Waals surface area (Å²) in [5.74, 6) is 1.27. The summed E-state index contributed by atoms with van der Waals surface area (Å²) in [4.78, 5) is 5.21. The first-order chi connectivity index (χ1) is 8.64. The average molecular weight is 271 g/mol. The summed E-state index contributed by atoms with van der Waals surface area (Å²) < 4.78 is 0. The van der Waals surface area contributed by atoms with E-state index in [2.05, 4.69) is 42.5 Å². The quantitative estimate of drug-likeness (QED) is 0.824. The molecular formula is C14H29N3S. The Bertz CT molecular complexity index is 274. The minimum Gasteiger partial charge on any atom is -0.329 e. The molecular weight excluding hydrogens is 242 g/mol. The number of thioether (sulfide) groups is 1. The summed E-state index contributed by atoms with van der Waals surface area (Å²) in [6, 6.07) is 0.751. The Hall–Kier alpha value is 0.230. The van der Waals surface area contributed by atoms with Gasteiger partial charge in [-0.3, -0.25) is 9.80 Å². The van der Waals surface area contributed by atoms with Crippen molar-refractivity contribution in [3.63, 3.8) is 0 Å². The van der Waals surface area contributed by atoms with Crippen LogP contribution >= 0.6 is 11.8 Å². The van der Waals surface area contributed by atoms with Crippen molar-refractivity contribution in [1.82, 2.24) is 9.80 Å². The molecule has 2 aliphatic heterocycles. The van der Waals surface area contributed by atoms with Gasteiger partial charge in [-0.2, -0.15) is 11.8 Å². The zero-order valence-electron chi connectivity index (χ0n) is 12.2. The van der Waals surface area contributed by atoms with Crippen LogP contribution in [-0.2, 0) is 0 Å². The summed E-state index contributed by atoms with van der Waals surface area (Å²) in [5, 5.41) is 0.670. The zero-order valence-corrected chi connectivity index (χ0v) is 13.0. The molecule has 0 aromatic carbocycles. The standard InChI is InChI=1S/C14H29N3S/c1-4-17-8-5-6-13(17)10-16(3)14(11-15)7-9-18-12(14)2/h12-13H,4-11,15H2,1-3H3. The number of nitrogens with two attached hydrogens (primary N) is 1. The molecule has 0 saturated carbocycles. The fraction of sp³-hybridized carbons (Fsp3) is 1.00. The molecule has 3 unspecified atom stereocenters. The second-order valence-corrected chi connectivity index (χ2v) is 7.32. The van der Waals surface area contributed by atoms with Crippen LogP contribution in [0, 0.1) is 0 Å². The molecule has 2 fully saturated rings. The van der Waals surface area contributed by atoms with Crippen molar-refractivity contribution < 1.29 is 0 Å². The molecule has 0 aromatic rings. The van der Waals surface area contributed by atoms with Gasteiger partial charge in [-0.05, 0) is 45.2 Å². The number of nitrogens with zero attached hydrogens (tertiary/aromatic N) is 2. The van der Waals surface area contributed by atoms with Gasteiger partial charge in [0.25, 0.3) is 0 Å². The van der Waals surface area contributed by atoms with Crippen LogP contribution in [0.3, 0.4) is 0 Å². The van der Waals surface area contributed by atoms with E-state index in [1.807, 2.05) is 0 Å². The van der Waals surface area contributed by atoms with E-state index in [4.69, 9.17) is 5.73 Å². The maximum atomic E-state index is 6.13. The van der Waals surface area contributed by atoms with E-state index in [0.29, 0.717) is 5.25 Å². The van der Waals surface area contributed by atoms with Gasteiger partial charge >= 0.3 is 0 Å². The molecule has 2 heterocycles. The molecule has 3 nitrogen and oxygen atoms in total. The van der Waals surface area contributed by atoms with E-state index in [-0.39, 0.29) is 5.54 Å². The number of hydrogen-bond donors (Lipinski definition) is 1. The van der Waals surface area contributed by atoms with E-state index >= 15 is 0 Å². The lowest BCUT2D eigenvalue weighted by atomic mass is 9.90. The van der Waals surface area contributed by atoms with Crippen LogP contribution in [0.15, 0.2) is 0 Å². The van der Waals surface area contributed by atoms with Crippen molar-refractivity contribution >= 4 is 11.8 Å². The van der Waals surface area contributed by atoms with Crippen LogP contribution in [0.25, 0.3) is 0 Å². The zero-order chi connectivity index (χ0) is 13.2. The molecule has 2 aliphatic rings. The third-order valence-electron chi connectivity index (χ3n) is 5.16. The molecule has 2 saturated heterocycles. The monoisotopic (exact) mass is 271 g/mol. The van der Waals surface area contributed by atoms with E-state index in [1.165, 1.54) is 44.6 Å². The van der Waals surface area contributed by atoms with Gasteiger partial charge in [-0.15, -0.1) is 0 Å². The lowest BCUT2D eigenvalue weighted by molar-refractivity contribution is 0.0934. The van der Waals surface area contributed by atoms with E-state index in [0.717, 1.165) is 12.6 Å². The third kappa shape index (κ3) is 2.58. The van der Waals surface area contributed by atoms with Gasteiger partial charge in [0, 0.05) is 29.9 Å². The van der Waals surface area contributed by atoms with Crippen LogP contribution in [0.2, 0.25) is 0 Å². The number of hydrogen-bond acceptors (Lipinski definition) is 4. The van der Waals surface area contributed by atoms with Crippen LogP contribution in [0.5, 0.6) is 0 Å². The van der Waals surface area contributed by atoms with Crippen molar-refractivity contribution in [1.29, 1.82) is 0 Å². The van der Waals surface area contributed by atoms with Crippen LogP contribution < -0.4 is 5.73 Å². The smallest absolute Gasteiger partial charge is 0.0452 e. The van der Waals surface area contributed by atoms with Crippen LogP contribution in [0.4, 0.5) is 0 Å². The van der Waals surface area contributed by atoms with Crippen LogP contribution in [0.1, 0.15) is 33.1 Å². The molecule has 0 aromatic heterocycles. The summed E-state index contributed by atoms with van der Waals surface area (Å²) in [6.45, 7) is 9.11. The highest BCUT2D eigenvalue weighted by Gasteiger charge is 2.44. The maximum absolute atomic E-state index is 6.13. The fourth-order valence-electron chi connectivity index (χ4n) is 3.71. The SMILES string of the molecule is CCN1CCCC1CN(C)C1(CN)CCSC1C. The van der Waals surface area contributed by atoms with Crippen molar-refractivity contribution in [3.8, 4) is 0 Å². The number of likely N-dealkylation sites (N-methyl/N-ethyl adjacent to an activating group) is 2. The van der Waals surface area contributed by atoms with Crippen LogP contribution in [-0.4, -0.2) is 65.6 Å². The minimum atomic E-state index is 0.243.